The lowest BCUT2D eigenvalue weighted by molar-refractivity contribution is -0.140. The zero-order chi connectivity index (χ0) is 18.8. The molecule has 2 heterocycles. The lowest BCUT2D eigenvalue weighted by Gasteiger charge is -2.26. The number of esters is 1. The summed E-state index contributed by atoms with van der Waals surface area (Å²) in [4.78, 5) is 12.1. The van der Waals surface area contributed by atoms with Crippen LogP contribution in [0.15, 0.2) is 29.4 Å². The molecule has 0 spiro atoms. The van der Waals surface area contributed by atoms with Crippen LogP contribution in [0.4, 0.5) is 0 Å². The molecule has 0 amide bonds. The van der Waals surface area contributed by atoms with Crippen LogP contribution in [0.2, 0.25) is 0 Å². The van der Waals surface area contributed by atoms with Crippen molar-refractivity contribution >= 4 is 17.7 Å². The fraction of sp³-hybridized carbons (Fsp3) is 0.550. The molecule has 2 fully saturated rings. The van der Waals surface area contributed by atoms with Gasteiger partial charge in [0.25, 0.3) is 0 Å². The molecule has 0 N–H and O–H groups in total. The minimum Gasteiger partial charge on any atom is -0.496 e. The van der Waals surface area contributed by atoms with Gasteiger partial charge < -0.3 is 9.47 Å². The quantitative estimate of drug-likeness (QED) is 0.715. The third-order valence-corrected chi connectivity index (χ3v) is 6.48. The normalized spacial score (nSPS) is 23.4. The van der Waals surface area contributed by atoms with Gasteiger partial charge in [0.15, 0.2) is 11.0 Å². The van der Waals surface area contributed by atoms with E-state index >= 15 is 0 Å². The Morgan fingerprint density at radius 1 is 1.19 bits per heavy atom. The fourth-order valence-electron chi connectivity index (χ4n) is 3.98. The van der Waals surface area contributed by atoms with Gasteiger partial charge in [-0.1, -0.05) is 43.2 Å². The molecule has 27 heavy (non-hydrogen) atoms. The number of hydrogen-bond acceptors (Lipinski definition) is 6. The van der Waals surface area contributed by atoms with E-state index in [-0.39, 0.29) is 17.3 Å². The molecule has 1 aliphatic heterocycles. The van der Waals surface area contributed by atoms with E-state index in [1.807, 2.05) is 31.2 Å². The van der Waals surface area contributed by atoms with Crippen molar-refractivity contribution in [2.75, 3.05) is 7.11 Å². The fourth-order valence-corrected chi connectivity index (χ4v) is 5.19. The van der Waals surface area contributed by atoms with E-state index in [0.717, 1.165) is 35.1 Å². The van der Waals surface area contributed by atoms with Gasteiger partial charge in [0.2, 0.25) is 0 Å². The van der Waals surface area contributed by atoms with Crippen LogP contribution in [-0.2, 0) is 9.53 Å². The monoisotopic (exact) mass is 387 g/mol. The molecule has 0 unspecified atom stereocenters. The molecule has 1 saturated carbocycles. The van der Waals surface area contributed by atoms with Crippen molar-refractivity contribution in [3.63, 3.8) is 0 Å². The first-order chi connectivity index (χ1) is 13.2. The van der Waals surface area contributed by atoms with Crippen LogP contribution >= 0.6 is 11.8 Å². The molecule has 1 aromatic heterocycles. The first kappa shape index (κ1) is 18.3. The Morgan fingerprint density at radius 3 is 2.67 bits per heavy atom. The predicted molar refractivity (Wildman–Crippen MR) is 104 cm³/mol. The Balaban J connectivity index is 1.73. The highest BCUT2D eigenvalue weighted by atomic mass is 32.2. The molecular formula is C20H25N3O3S. The highest BCUT2D eigenvalue weighted by Gasteiger charge is 2.35. The van der Waals surface area contributed by atoms with Gasteiger partial charge in [-0.15, -0.1) is 10.2 Å². The van der Waals surface area contributed by atoms with Gasteiger partial charge in [-0.3, -0.25) is 9.36 Å². The maximum absolute atomic E-state index is 12.1. The molecule has 1 aromatic carbocycles. The van der Waals surface area contributed by atoms with Gasteiger partial charge >= 0.3 is 5.97 Å². The summed E-state index contributed by atoms with van der Waals surface area (Å²) in [5, 5.41) is 9.59. The van der Waals surface area contributed by atoms with Crippen molar-refractivity contribution in [3.8, 4) is 17.1 Å². The number of cyclic esters (lactones) is 1. The van der Waals surface area contributed by atoms with Gasteiger partial charge in [0.05, 0.1) is 12.7 Å². The lowest BCUT2D eigenvalue weighted by Crippen LogP contribution is -2.17. The molecule has 1 aliphatic carbocycles. The van der Waals surface area contributed by atoms with E-state index in [0.29, 0.717) is 12.5 Å². The zero-order valence-electron chi connectivity index (χ0n) is 15.8. The van der Waals surface area contributed by atoms with Crippen LogP contribution in [0, 0.1) is 0 Å². The molecule has 4 rings (SSSR count). The number of ether oxygens (including phenoxy) is 2. The summed E-state index contributed by atoms with van der Waals surface area (Å²) in [6.07, 6.45) is 6.60. The minimum atomic E-state index is -0.211. The molecule has 0 bridgehead atoms. The van der Waals surface area contributed by atoms with Crippen molar-refractivity contribution in [1.29, 1.82) is 0 Å². The predicted octanol–water partition coefficient (Wildman–Crippen LogP) is 4.26. The maximum Gasteiger partial charge on any atom is 0.319 e. The molecule has 144 valence electrons. The second-order valence-electron chi connectivity index (χ2n) is 7.26. The SMILES string of the molecule is COc1ccccc1-c1nnc(S[C@H]2C[C@@H](C)OC2=O)n1C1CCCCC1. The van der Waals surface area contributed by atoms with Crippen LogP contribution in [0.1, 0.15) is 51.5 Å². The highest BCUT2D eigenvalue weighted by molar-refractivity contribution is 8.00. The van der Waals surface area contributed by atoms with Crippen molar-refractivity contribution in [2.45, 2.75) is 68.0 Å². The van der Waals surface area contributed by atoms with E-state index < -0.39 is 0 Å². The molecule has 1 saturated heterocycles. The largest absolute Gasteiger partial charge is 0.496 e. The number of rotatable bonds is 5. The molecular weight excluding hydrogens is 362 g/mol. The van der Waals surface area contributed by atoms with Crippen LogP contribution < -0.4 is 4.74 Å². The molecule has 2 aliphatic rings. The van der Waals surface area contributed by atoms with Gasteiger partial charge in [-0.25, -0.2) is 0 Å². The minimum absolute atomic E-state index is 0.0326. The first-order valence-corrected chi connectivity index (χ1v) is 10.5. The number of nitrogens with zero attached hydrogens (tertiary/aromatic N) is 3. The van der Waals surface area contributed by atoms with Crippen LogP contribution in [-0.4, -0.2) is 39.2 Å². The Kier molecular flexibility index (Phi) is 5.38. The van der Waals surface area contributed by atoms with Crippen molar-refractivity contribution in [2.24, 2.45) is 0 Å². The zero-order valence-corrected chi connectivity index (χ0v) is 16.6. The van der Waals surface area contributed by atoms with Crippen LogP contribution in [0.25, 0.3) is 11.4 Å². The lowest BCUT2D eigenvalue weighted by atomic mass is 9.95. The number of para-hydroxylation sites is 1. The summed E-state index contributed by atoms with van der Waals surface area (Å²) < 4.78 is 13.1. The summed E-state index contributed by atoms with van der Waals surface area (Å²) in [5.41, 5.74) is 0.937. The number of carbonyl (C=O) groups excluding carboxylic acids is 1. The highest BCUT2D eigenvalue weighted by Crippen LogP contribution is 2.40. The molecule has 2 atom stereocenters. The Labute approximate surface area is 163 Å². The van der Waals surface area contributed by atoms with E-state index in [1.54, 1.807) is 7.11 Å². The standard InChI is InChI=1S/C20H25N3O3S/c1-13-12-17(19(24)26-13)27-20-22-21-18(15-10-6-7-11-16(15)25-2)23(20)14-8-4-3-5-9-14/h6-7,10-11,13-14,17H,3-5,8-9,12H2,1-2H3/t13-,17+/m1/s1. The Morgan fingerprint density at radius 2 is 1.96 bits per heavy atom. The summed E-state index contributed by atoms with van der Waals surface area (Å²) in [5.74, 6) is 1.46. The van der Waals surface area contributed by atoms with E-state index in [4.69, 9.17) is 9.47 Å². The first-order valence-electron chi connectivity index (χ1n) is 9.63. The van der Waals surface area contributed by atoms with Crippen LogP contribution in [0.3, 0.4) is 0 Å². The van der Waals surface area contributed by atoms with E-state index in [9.17, 15) is 4.79 Å². The van der Waals surface area contributed by atoms with Gasteiger partial charge in [-0.05, 0) is 31.9 Å². The molecule has 2 aromatic rings. The third kappa shape index (κ3) is 3.70. The number of hydrogen-bond donors (Lipinski definition) is 0. The Hall–Kier alpha value is -2.02. The van der Waals surface area contributed by atoms with Crippen LogP contribution in [0.5, 0.6) is 5.75 Å². The molecule has 7 heteroatoms. The second kappa shape index (κ2) is 7.92. The van der Waals surface area contributed by atoms with E-state index in [1.165, 1.54) is 31.0 Å². The van der Waals surface area contributed by atoms with Gasteiger partial charge in [0, 0.05) is 12.5 Å². The number of aromatic nitrogens is 3. The summed E-state index contributed by atoms with van der Waals surface area (Å²) >= 11 is 1.49. The maximum atomic E-state index is 12.1. The molecule has 0 radical (unpaired) electrons. The summed E-state index contributed by atoms with van der Waals surface area (Å²) in [6, 6.07) is 8.25. The smallest absolute Gasteiger partial charge is 0.319 e. The van der Waals surface area contributed by atoms with Gasteiger partial charge in [0.1, 0.15) is 17.1 Å². The van der Waals surface area contributed by atoms with Gasteiger partial charge in [-0.2, -0.15) is 0 Å². The number of carbonyl (C=O) groups is 1. The van der Waals surface area contributed by atoms with E-state index in [2.05, 4.69) is 14.8 Å². The van der Waals surface area contributed by atoms with Crippen molar-refractivity contribution < 1.29 is 14.3 Å². The summed E-state index contributed by atoms with van der Waals surface area (Å²) in [7, 11) is 1.67. The number of benzene rings is 1. The third-order valence-electron chi connectivity index (χ3n) is 5.33. The average molecular weight is 388 g/mol. The second-order valence-corrected chi connectivity index (χ2v) is 8.43. The number of methoxy groups -OCH3 is 1. The Bertz CT molecular complexity index is 817. The van der Waals surface area contributed by atoms with Crippen molar-refractivity contribution in [3.05, 3.63) is 24.3 Å². The average Bonchev–Trinajstić information content (AvgIpc) is 3.25. The van der Waals surface area contributed by atoms with Crippen molar-refractivity contribution in [1.82, 2.24) is 14.8 Å². The number of thioether (sulfide) groups is 1. The molecule has 6 nitrogen and oxygen atoms in total. The summed E-state index contributed by atoms with van der Waals surface area (Å²) in [6.45, 7) is 1.94. The topological polar surface area (TPSA) is 66.2 Å².